The van der Waals surface area contributed by atoms with E-state index in [0.717, 1.165) is 18.2 Å². The van der Waals surface area contributed by atoms with Gasteiger partial charge in [0.25, 0.3) is 0 Å². The number of hydrogen-bond donors (Lipinski definition) is 0. The Morgan fingerprint density at radius 2 is 1.95 bits per heavy atom. The van der Waals surface area contributed by atoms with E-state index < -0.39 is 0 Å². The van der Waals surface area contributed by atoms with Crippen molar-refractivity contribution in [3.8, 4) is 12.3 Å². The molecule has 102 valence electrons. The number of benzene rings is 1. The highest BCUT2D eigenvalue weighted by Gasteiger charge is 2.38. The van der Waals surface area contributed by atoms with E-state index in [-0.39, 0.29) is 5.41 Å². The van der Waals surface area contributed by atoms with Crippen molar-refractivity contribution in [2.45, 2.75) is 58.5 Å². The summed E-state index contributed by atoms with van der Waals surface area (Å²) >= 11 is 0. The minimum Gasteiger partial charge on any atom is -0.295 e. The largest absolute Gasteiger partial charge is 0.295 e. The normalized spacial score (nSPS) is 20.8. The lowest BCUT2D eigenvalue weighted by Gasteiger charge is -2.40. The van der Waals surface area contributed by atoms with E-state index in [1.165, 1.54) is 30.5 Å². The first-order valence-electron chi connectivity index (χ1n) is 7.44. The van der Waals surface area contributed by atoms with Crippen molar-refractivity contribution in [3.05, 3.63) is 34.9 Å². The number of hydrogen-bond acceptors (Lipinski definition) is 1. The van der Waals surface area contributed by atoms with Gasteiger partial charge in [0.1, 0.15) is 0 Å². The Labute approximate surface area is 118 Å². The van der Waals surface area contributed by atoms with E-state index in [4.69, 9.17) is 6.42 Å². The smallest absolute Gasteiger partial charge is 0.0245 e. The standard InChI is InChI=1S/C16H19N.C2H6/c1-4-12-5-6-13-10-17(14-7-8-14)11-16(2,3)15(13)9-12;1-2/h1,5-6,9,14H,7-8,10-11H2,2-3H3;1-2H3. The first-order valence-corrected chi connectivity index (χ1v) is 7.44. The average molecular weight is 255 g/mol. The SMILES string of the molecule is C#Cc1ccc2c(c1)C(C)(C)CN(C1CC1)C2.CC. The van der Waals surface area contributed by atoms with Gasteiger partial charge in [0.15, 0.2) is 0 Å². The van der Waals surface area contributed by atoms with Gasteiger partial charge in [0.05, 0.1) is 0 Å². The van der Waals surface area contributed by atoms with Gasteiger partial charge in [-0.2, -0.15) is 0 Å². The molecule has 1 aromatic rings. The third-order valence-electron chi connectivity index (χ3n) is 4.04. The molecule has 0 atom stereocenters. The quantitative estimate of drug-likeness (QED) is 0.687. The zero-order valence-electron chi connectivity index (χ0n) is 12.7. The third kappa shape index (κ3) is 2.85. The van der Waals surface area contributed by atoms with Crippen molar-refractivity contribution in [3.63, 3.8) is 0 Å². The molecular formula is C18H25N. The minimum absolute atomic E-state index is 0.225. The van der Waals surface area contributed by atoms with Crippen LogP contribution in [-0.4, -0.2) is 17.5 Å². The summed E-state index contributed by atoms with van der Waals surface area (Å²) < 4.78 is 0. The summed E-state index contributed by atoms with van der Waals surface area (Å²) in [6.07, 6.45) is 8.26. The van der Waals surface area contributed by atoms with E-state index in [0.29, 0.717) is 0 Å². The van der Waals surface area contributed by atoms with Gasteiger partial charge in [-0.1, -0.05) is 39.7 Å². The second-order valence-corrected chi connectivity index (χ2v) is 6.04. The Morgan fingerprint density at radius 3 is 2.53 bits per heavy atom. The van der Waals surface area contributed by atoms with Gasteiger partial charge in [-0.15, -0.1) is 6.42 Å². The van der Waals surface area contributed by atoms with Gasteiger partial charge >= 0.3 is 0 Å². The van der Waals surface area contributed by atoms with Crippen LogP contribution in [0.3, 0.4) is 0 Å². The van der Waals surface area contributed by atoms with Crippen molar-refractivity contribution in [1.29, 1.82) is 0 Å². The summed E-state index contributed by atoms with van der Waals surface area (Å²) in [7, 11) is 0. The Kier molecular flexibility index (Phi) is 4.02. The average Bonchev–Trinajstić information content (AvgIpc) is 3.24. The molecule has 1 aliphatic heterocycles. The van der Waals surface area contributed by atoms with E-state index >= 15 is 0 Å². The molecule has 1 nitrogen and oxygen atoms in total. The van der Waals surface area contributed by atoms with E-state index in [9.17, 15) is 0 Å². The molecule has 19 heavy (non-hydrogen) atoms. The Morgan fingerprint density at radius 1 is 1.26 bits per heavy atom. The van der Waals surface area contributed by atoms with Crippen LogP contribution < -0.4 is 0 Å². The molecule has 0 N–H and O–H groups in total. The molecule has 0 radical (unpaired) electrons. The number of fused-ring (bicyclic) bond motifs is 1. The van der Waals surface area contributed by atoms with Crippen LogP contribution in [0.5, 0.6) is 0 Å². The summed E-state index contributed by atoms with van der Waals surface area (Å²) in [4.78, 5) is 2.64. The maximum Gasteiger partial charge on any atom is 0.0245 e. The molecule has 1 heterocycles. The molecule has 0 bridgehead atoms. The lowest BCUT2D eigenvalue weighted by Crippen LogP contribution is -2.43. The zero-order valence-corrected chi connectivity index (χ0v) is 12.7. The fourth-order valence-corrected chi connectivity index (χ4v) is 3.00. The molecule has 0 spiro atoms. The van der Waals surface area contributed by atoms with E-state index in [2.05, 4.69) is 42.9 Å². The molecule has 1 fully saturated rings. The van der Waals surface area contributed by atoms with E-state index in [1.807, 2.05) is 13.8 Å². The Bertz CT molecular complexity index is 489. The molecule has 0 unspecified atom stereocenters. The second kappa shape index (κ2) is 5.39. The molecule has 1 aromatic carbocycles. The highest BCUT2D eigenvalue weighted by molar-refractivity contribution is 5.44. The van der Waals surface area contributed by atoms with Crippen molar-refractivity contribution < 1.29 is 0 Å². The molecule has 0 saturated heterocycles. The van der Waals surface area contributed by atoms with Crippen LogP contribution >= 0.6 is 0 Å². The lowest BCUT2D eigenvalue weighted by molar-refractivity contribution is 0.185. The van der Waals surface area contributed by atoms with Crippen molar-refractivity contribution >= 4 is 0 Å². The van der Waals surface area contributed by atoms with Crippen LogP contribution in [0, 0.1) is 12.3 Å². The van der Waals surface area contributed by atoms with Crippen LogP contribution in [-0.2, 0) is 12.0 Å². The monoisotopic (exact) mass is 255 g/mol. The van der Waals surface area contributed by atoms with Crippen LogP contribution in [0.15, 0.2) is 18.2 Å². The molecular weight excluding hydrogens is 230 g/mol. The number of terminal acetylenes is 1. The lowest BCUT2D eigenvalue weighted by atomic mass is 9.77. The number of nitrogens with zero attached hydrogens (tertiary/aromatic N) is 1. The fraction of sp³-hybridized carbons (Fsp3) is 0.556. The summed E-state index contributed by atoms with van der Waals surface area (Å²) in [6.45, 7) is 10.9. The van der Waals surface area contributed by atoms with Crippen LogP contribution in [0.1, 0.15) is 57.2 Å². The first-order chi connectivity index (χ1) is 9.10. The Balaban J connectivity index is 0.000000637. The first kappa shape index (κ1) is 14.2. The molecule has 1 heteroatoms. The highest BCUT2D eigenvalue weighted by Crippen LogP contribution is 2.39. The minimum atomic E-state index is 0.225. The molecule has 3 rings (SSSR count). The van der Waals surface area contributed by atoms with Gasteiger partial charge in [-0.25, -0.2) is 0 Å². The Hall–Kier alpha value is -1.26. The second-order valence-electron chi connectivity index (χ2n) is 6.04. The van der Waals surface area contributed by atoms with Crippen molar-refractivity contribution in [2.24, 2.45) is 0 Å². The molecule has 0 amide bonds. The summed E-state index contributed by atoms with van der Waals surface area (Å²) in [5, 5.41) is 0. The van der Waals surface area contributed by atoms with Gasteiger partial charge in [0.2, 0.25) is 0 Å². The van der Waals surface area contributed by atoms with Gasteiger partial charge in [-0.3, -0.25) is 4.90 Å². The molecule has 0 aromatic heterocycles. The number of rotatable bonds is 1. The van der Waals surface area contributed by atoms with Gasteiger partial charge < -0.3 is 0 Å². The predicted octanol–water partition coefficient (Wildman–Crippen LogP) is 3.95. The van der Waals surface area contributed by atoms with Crippen LogP contribution in [0.4, 0.5) is 0 Å². The van der Waals surface area contributed by atoms with Crippen molar-refractivity contribution in [2.75, 3.05) is 6.54 Å². The molecule has 2 aliphatic rings. The third-order valence-corrected chi connectivity index (χ3v) is 4.04. The van der Waals surface area contributed by atoms with Gasteiger partial charge in [0, 0.05) is 30.1 Å². The van der Waals surface area contributed by atoms with Gasteiger partial charge in [-0.05, 0) is 36.1 Å². The summed E-state index contributed by atoms with van der Waals surface area (Å²) in [5.74, 6) is 2.75. The van der Waals surface area contributed by atoms with E-state index in [1.54, 1.807) is 0 Å². The predicted molar refractivity (Wildman–Crippen MR) is 82.2 cm³/mol. The summed E-state index contributed by atoms with van der Waals surface area (Å²) in [5.41, 5.74) is 4.15. The molecule has 1 aliphatic carbocycles. The molecule has 1 saturated carbocycles. The highest BCUT2D eigenvalue weighted by atomic mass is 15.2. The topological polar surface area (TPSA) is 3.24 Å². The zero-order chi connectivity index (χ0) is 14.0. The van der Waals surface area contributed by atoms with Crippen molar-refractivity contribution in [1.82, 2.24) is 4.90 Å². The maximum atomic E-state index is 5.50. The van der Waals surface area contributed by atoms with Crippen LogP contribution in [0.2, 0.25) is 0 Å². The summed E-state index contributed by atoms with van der Waals surface area (Å²) in [6, 6.07) is 7.35. The maximum absolute atomic E-state index is 5.50. The fourth-order valence-electron chi connectivity index (χ4n) is 3.00. The van der Waals surface area contributed by atoms with Crippen LogP contribution in [0.25, 0.3) is 0 Å².